The maximum absolute atomic E-state index is 11.0. The van der Waals surface area contributed by atoms with Crippen molar-refractivity contribution < 1.29 is 14.6 Å². The molecule has 2 saturated carbocycles. The van der Waals surface area contributed by atoms with Gasteiger partial charge in [-0.2, -0.15) is 0 Å². The van der Waals surface area contributed by atoms with E-state index in [0.717, 1.165) is 12.8 Å². The minimum absolute atomic E-state index is 0.0201. The predicted molar refractivity (Wildman–Crippen MR) is 68.2 cm³/mol. The van der Waals surface area contributed by atoms with Crippen LogP contribution in [0.5, 0.6) is 0 Å². The van der Waals surface area contributed by atoms with Gasteiger partial charge in [-0.05, 0) is 51.4 Å². The highest BCUT2D eigenvalue weighted by Crippen LogP contribution is 2.70. The van der Waals surface area contributed by atoms with Crippen LogP contribution in [0, 0.1) is 17.8 Å². The smallest absolute Gasteiger partial charge is 0.330 e. The van der Waals surface area contributed by atoms with Gasteiger partial charge in [0.25, 0.3) is 0 Å². The normalized spacial score (nSPS) is 50.6. The van der Waals surface area contributed by atoms with E-state index in [4.69, 9.17) is 9.84 Å². The Morgan fingerprint density at radius 2 is 2.11 bits per heavy atom. The topological polar surface area (TPSA) is 49.8 Å². The molecule has 1 spiro atoms. The lowest BCUT2D eigenvalue weighted by Gasteiger charge is -2.37. The molecule has 3 nitrogen and oxygen atoms in total. The summed E-state index contributed by atoms with van der Waals surface area (Å²) in [6.07, 6.45) is 6.60. The van der Waals surface area contributed by atoms with E-state index in [1.165, 1.54) is 12.8 Å². The fourth-order valence-electron chi connectivity index (χ4n) is 4.60. The Labute approximate surface area is 108 Å². The van der Waals surface area contributed by atoms with E-state index in [2.05, 4.69) is 13.8 Å². The summed E-state index contributed by atoms with van der Waals surface area (Å²) in [5.41, 5.74) is 0.445. The summed E-state index contributed by atoms with van der Waals surface area (Å²) < 4.78 is 6.16. The van der Waals surface area contributed by atoms with Crippen LogP contribution in [-0.2, 0) is 9.53 Å². The number of rotatable bonds is 2. The Kier molecular flexibility index (Phi) is 2.44. The van der Waals surface area contributed by atoms with Gasteiger partial charge < -0.3 is 9.84 Å². The first-order chi connectivity index (χ1) is 8.41. The summed E-state index contributed by atoms with van der Waals surface area (Å²) in [6.45, 7) is 6.23. The third-order valence-corrected chi connectivity index (χ3v) is 5.62. The van der Waals surface area contributed by atoms with Crippen molar-refractivity contribution in [2.45, 2.75) is 57.7 Å². The van der Waals surface area contributed by atoms with Crippen molar-refractivity contribution in [1.29, 1.82) is 0 Å². The van der Waals surface area contributed by atoms with Crippen LogP contribution < -0.4 is 0 Å². The predicted octanol–water partition coefficient (Wildman–Crippen LogP) is 3.00. The molecule has 0 radical (unpaired) electrons. The zero-order valence-corrected chi connectivity index (χ0v) is 11.4. The molecule has 3 fully saturated rings. The zero-order chi connectivity index (χ0) is 13.1. The molecule has 3 rings (SSSR count). The third kappa shape index (κ3) is 1.37. The molecule has 0 aromatic rings. The molecule has 0 aromatic heterocycles. The second-order valence-electron chi connectivity index (χ2n) is 6.59. The van der Waals surface area contributed by atoms with Gasteiger partial charge in [-0.3, -0.25) is 0 Å². The number of aliphatic carboxylic acids is 1. The van der Waals surface area contributed by atoms with Crippen LogP contribution >= 0.6 is 0 Å². The number of carboxylic acids is 1. The highest BCUT2D eigenvalue weighted by Gasteiger charge is 2.77. The molecule has 0 aromatic carbocycles. The Morgan fingerprint density at radius 1 is 1.39 bits per heavy atom. The number of epoxide rings is 1. The van der Waals surface area contributed by atoms with Gasteiger partial charge in [-0.25, -0.2) is 4.79 Å². The molecule has 0 unspecified atom stereocenters. The SMILES string of the molecule is C/C(=C\[C@H]1CC[C@@H](C)[C@H]2CC[C@]3(C)O[C@@]213)C(=O)O. The van der Waals surface area contributed by atoms with Gasteiger partial charge in [-0.15, -0.1) is 0 Å². The van der Waals surface area contributed by atoms with Gasteiger partial charge in [0.05, 0.1) is 5.60 Å². The summed E-state index contributed by atoms with van der Waals surface area (Å²) >= 11 is 0. The van der Waals surface area contributed by atoms with E-state index < -0.39 is 5.97 Å². The molecule has 2 aliphatic carbocycles. The standard InChI is InChI=1S/C15H22O3/c1-9-4-5-11(8-10(2)13(16)17)15-12(9)6-7-14(15,3)18-15/h8-9,11-12H,4-7H2,1-3H3,(H,16,17)/b10-8+/t9-,11-,12-,14+,15-/m1/s1. The lowest BCUT2D eigenvalue weighted by molar-refractivity contribution is -0.132. The fraction of sp³-hybridized carbons (Fsp3) is 0.800. The van der Waals surface area contributed by atoms with E-state index in [0.29, 0.717) is 23.3 Å². The molecule has 0 amide bonds. The fourth-order valence-corrected chi connectivity index (χ4v) is 4.60. The Balaban J connectivity index is 1.93. The van der Waals surface area contributed by atoms with Crippen LogP contribution in [0.3, 0.4) is 0 Å². The van der Waals surface area contributed by atoms with Crippen molar-refractivity contribution in [2.24, 2.45) is 17.8 Å². The quantitative estimate of drug-likeness (QED) is 0.605. The van der Waals surface area contributed by atoms with Crippen molar-refractivity contribution >= 4 is 5.97 Å². The van der Waals surface area contributed by atoms with Crippen molar-refractivity contribution in [3.05, 3.63) is 11.6 Å². The average molecular weight is 250 g/mol. The van der Waals surface area contributed by atoms with E-state index in [-0.39, 0.29) is 11.2 Å². The van der Waals surface area contributed by atoms with Crippen molar-refractivity contribution in [2.75, 3.05) is 0 Å². The van der Waals surface area contributed by atoms with Crippen molar-refractivity contribution in [1.82, 2.24) is 0 Å². The van der Waals surface area contributed by atoms with E-state index in [1.54, 1.807) is 6.92 Å². The molecule has 1 saturated heterocycles. The maximum Gasteiger partial charge on any atom is 0.330 e. The average Bonchev–Trinajstić information content (AvgIpc) is 2.79. The number of carboxylic acid groups (broad SMARTS) is 1. The summed E-state index contributed by atoms with van der Waals surface area (Å²) in [5.74, 6) is 0.826. The van der Waals surface area contributed by atoms with Gasteiger partial charge >= 0.3 is 5.97 Å². The third-order valence-electron chi connectivity index (χ3n) is 5.62. The zero-order valence-electron chi connectivity index (χ0n) is 11.4. The molecule has 100 valence electrons. The van der Waals surface area contributed by atoms with Crippen LogP contribution in [0.25, 0.3) is 0 Å². The van der Waals surface area contributed by atoms with Gasteiger partial charge in [0, 0.05) is 11.5 Å². The summed E-state index contributed by atoms with van der Waals surface area (Å²) in [7, 11) is 0. The van der Waals surface area contributed by atoms with Gasteiger partial charge in [0.2, 0.25) is 0 Å². The van der Waals surface area contributed by atoms with Crippen molar-refractivity contribution in [3.8, 4) is 0 Å². The van der Waals surface area contributed by atoms with E-state index in [1.807, 2.05) is 6.08 Å². The first-order valence-corrected chi connectivity index (χ1v) is 7.02. The second kappa shape index (κ2) is 3.60. The van der Waals surface area contributed by atoms with Crippen LogP contribution in [0.15, 0.2) is 11.6 Å². The van der Waals surface area contributed by atoms with E-state index in [9.17, 15) is 4.79 Å². The van der Waals surface area contributed by atoms with Crippen LogP contribution in [-0.4, -0.2) is 22.3 Å². The van der Waals surface area contributed by atoms with E-state index >= 15 is 0 Å². The van der Waals surface area contributed by atoms with Gasteiger partial charge in [0.15, 0.2) is 0 Å². The molecular weight excluding hydrogens is 228 g/mol. The maximum atomic E-state index is 11.0. The van der Waals surface area contributed by atoms with Crippen LogP contribution in [0.2, 0.25) is 0 Å². The molecule has 3 heteroatoms. The van der Waals surface area contributed by atoms with Crippen LogP contribution in [0.1, 0.15) is 46.5 Å². The minimum Gasteiger partial charge on any atom is -0.478 e. The van der Waals surface area contributed by atoms with Gasteiger partial charge in [0.1, 0.15) is 5.60 Å². The molecule has 1 N–H and O–H groups in total. The Morgan fingerprint density at radius 3 is 2.72 bits per heavy atom. The summed E-state index contributed by atoms with van der Waals surface area (Å²) in [5, 5.41) is 9.06. The monoisotopic (exact) mass is 250 g/mol. The minimum atomic E-state index is -0.804. The highest BCUT2D eigenvalue weighted by molar-refractivity contribution is 5.85. The number of carbonyl (C=O) groups is 1. The van der Waals surface area contributed by atoms with Gasteiger partial charge in [-0.1, -0.05) is 13.0 Å². The Bertz CT molecular complexity index is 427. The number of ether oxygens (including phenoxy) is 1. The second-order valence-corrected chi connectivity index (χ2v) is 6.59. The number of hydrogen-bond donors (Lipinski definition) is 1. The molecule has 18 heavy (non-hydrogen) atoms. The molecule has 0 bridgehead atoms. The molecule has 3 aliphatic rings. The first kappa shape index (κ1) is 12.2. The Hall–Kier alpha value is -0.830. The molecule has 5 atom stereocenters. The summed E-state index contributed by atoms with van der Waals surface area (Å²) in [4.78, 5) is 11.0. The highest BCUT2D eigenvalue weighted by atomic mass is 16.6. The lowest BCUT2D eigenvalue weighted by Crippen LogP contribution is -2.41. The first-order valence-electron chi connectivity index (χ1n) is 7.02. The largest absolute Gasteiger partial charge is 0.478 e. The molecular formula is C15H22O3. The van der Waals surface area contributed by atoms with Crippen molar-refractivity contribution in [3.63, 3.8) is 0 Å². The molecule has 1 heterocycles. The van der Waals surface area contributed by atoms with Crippen LogP contribution in [0.4, 0.5) is 0 Å². The lowest BCUT2D eigenvalue weighted by atomic mass is 9.65. The number of hydrogen-bond acceptors (Lipinski definition) is 2. The summed E-state index contributed by atoms with van der Waals surface area (Å²) in [6, 6.07) is 0. The molecule has 1 aliphatic heterocycles.